The van der Waals surface area contributed by atoms with Crippen LogP contribution >= 0.6 is 0 Å². The van der Waals surface area contributed by atoms with Gasteiger partial charge in [0.1, 0.15) is 0 Å². The van der Waals surface area contributed by atoms with Crippen LogP contribution in [-0.2, 0) is 14.8 Å². The first-order valence-corrected chi connectivity index (χ1v) is 10.3. The minimum absolute atomic E-state index is 0.0158. The first-order chi connectivity index (χ1) is 10.8. The van der Waals surface area contributed by atoms with Crippen LogP contribution < -0.4 is 0 Å². The molecule has 0 radical (unpaired) electrons. The fourth-order valence-electron chi connectivity index (χ4n) is 4.90. The summed E-state index contributed by atoms with van der Waals surface area (Å²) in [7, 11) is -1.38. The number of piperidine rings is 1. The highest BCUT2D eigenvalue weighted by atomic mass is 32.2. The van der Waals surface area contributed by atoms with Gasteiger partial charge in [-0.3, -0.25) is 9.69 Å². The highest BCUT2D eigenvalue weighted by molar-refractivity contribution is 7.89. The van der Waals surface area contributed by atoms with Gasteiger partial charge >= 0.3 is 5.97 Å². The average molecular weight is 344 g/mol. The van der Waals surface area contributed by atoms with Crippen LogP contribution in [0.2, 0.25) is 0 Å². The maximum absolute atomic E-state index is 12.8. The minimum Gasteiger partial charge on any atom is -0.480 e. The smallest absolute Gasteiger partial charge is 0.317 e. The molecule has 0 aromatic heterocycles. The molecule has 1 saturated heterocycles. The Bertz CT molecular complexity index is 546. The van der Waals surface area contributed by atoms with E-state index in [2.05, 4.69) is 0 Å². The third kappa shape index (κ3) is 3.72. The highest BCUT2D eigenvalue weighted by Crippen LogP contribution is 2.54. The lowest BCUT2D eigenvalue weighted by molar-refractivity contribution is -0.138. The number of sulfonamides is 1. The van der Waals surface area contributed by atoms with Crippen LogP contribution in [0.5, 0.6) is 0 Å². The normalized spacial score (nSPS) is 32.7. The van der Waals surface area contributed by atoms with Crippen molar-refractivity contribution in [2.45, 2.75) is 51.0 Å². The van der Waals surface area contributed by atoms with Crippen LogP contribution in [0.1, 0.15) is 44.9 Å². The maximum Gasteiger partial charge on any atom is 0.317 e. The molecular weight excluding hydrogens is 316 g/mol. The predicted octanol–water partition coefficient (Wildman–Crippen LogP) is 1.38. The van der Waals surface area contributed by atoms with E-state index >= 15 is 0 Å². The van der Waals surface area contributed by atoms with Crippen molar-refractivity contribution in [3.8, 4) is 0 Å². The number of carbonyl (C=O) groups is 1. The molecular formula is C16H28N2O4S. The molecule has 6 nitrogen and oxygen atoms in total. The lowest BCUT2D eigenvalue weighted by atomic mass is 9.87. The van der Waals surface area contributed by atoms with Crippen molar-refractivity contribution >= 4 is 16.0 Å². The molecule has 1 N–H and O–H groups in total. The van der Waals surface area contributed by atoms with Gasteiger partial charge < -0.3 is 5.11 Å². The number of carboxylic acid groups (broad SMARTS) is 1. The second kappa shape index (κ2) is 6.33. The number of aliphatic carboxylic acids is 1. The van der Waals surface area contributed by atoms with Crippen molar-refractivity contribution < 1.29 is 18.3 Å². The SMILES string of the molecule is CN(CC(=O)O)C1CCN(S(=O)(=O)CC23CCC(CC2)C3)CC1. The van der Waals surface area contributed by atoms with Crippen LogP contribution in [0.25, 0.3) is 0 Å². The summed E-state index contributed by atoms with van der Waals surface area (Å²) in [5.41, 5.74) is 0.0560. The summed E-state index contributed by atoms with van der Waals surface area (Å²) in [5.74, 6) is 0.255. The Balaban J connectivity index is 1.55. The third-order valence-corrected chi connectivity index (χ3v) is 8.33. The van der Waals surface area contributed by atoms with E-state index in [0.717, 1.165) is 38.0 Å². The number of nitrogens with zero attached hydrogens (tertiary/aromatic N) is 2. The monoisotopic (exact) mass is 344 g/mol. The lowest BCUT2D eigenvalue weighted by Crippen LogP contribution is -2.48. The summed E-state index contributed by atoms with van der Waals surface area (Å²) in [6.45, 7) is 1.06. The van der Waals surface area contributed by atoms with Gasteiger partial charge in [-0.2, -0.15) is 0 Å². The standard InChI is InChI=1S/C16H28N2O4S/c1-17(11-15(19)20)14-4-8-18(9-5-14)23(21,22)12-16-6-2-13(10-16)3-7-16/h13-14H,2-12H2,1H3,(H,19,20). The van der Waals surface area contributed by atoms with Gasteiger partial charge in [0.2, 0.25) is 10.0 Å². The zero-order valence-corrected chi connectivity index (χ0v) is 14.7. The molecule has 3 fully saturated rings. The fraction of sp³-hybridized carbons (Fsp3) is 0.938. The minimum atomic E-state index is -3.18. The number of carboxylic acids is 1. The predicted molar refractivity (Wildman–Crippen MR) is 87.7 cm³/mol. The van der Waals surface area contributed by atoms with Crippen molar-refractivity contribution in [2.75, 3.05) is 32.4 Å². The average Bonchev–Trinajstić information content (AvgIpc) is 3.06. The largest absolute Gasteiger partial charge is 0.480 e. The van der Waals surface area contributed by atoms with Gasteiger partial charge in [0.15, 0.2) is 0 Å². The molecule has 0 aromatic carbocycles. The van der Waals surface area contributed by atoms with Crippen LogP contribution in [0.3, 0.4) is 0 Å². The zero-order valence-electron chi connectivity index (χ0n) is 13.9. The van der Waals surface area contributed by atoms with Crippen molar-refractivity contribution in [1.82, 2.24) is 9.21 Å². The summed E-state index contributed by atoms with van der Waals surface area (Å²) in [5, 5.41) is 8.87. The third-order valence-electron chi connectivity index (χ3n) is 6.20. The molecule has 132 valence electrons. The van der Waals surface area contributed by atoms with Crippen LogP contribution in [0.4, 0.5) is 0 Å². The Morgan fingerprint density at radius 2 is 1.83 bits per heavy atom. The van der Waals surface area contributed by atoms with Gasteiger partial charge in [-0.25, -0.2) is 12.7 Å². The number of hydrogen-bond acceptors (Lipinski definition) is 4. The second-order valence-electron chi connectivity index (χ2n) is 7.84. The van der Waals surface area contributed by atoms with E-state index in [1.807, 2.05) is 4.90 Å². The molecule has 2 aliphatic carbocycles. The van der Waals surface area contributed by atoms with Gasteiger partial charge in [-0.1, -0.05) is 0 Å². The number of hydrogen-bond donors (Lipinski definition) is 1. The zero-order chi connectivity index (χ0) is 16.7. The van der Waals surface area contributed by atoms with E-state index in [4.69, 9.17) is 5.11 Å². The number of rotatable bonds is 6. The molecule has 1 heterocycles. The van der Waals surface area contributed by atoms with E-state index in [9.17, 15) is 13.2 Å². The molecule has 0 amide bonds. The molecule has 7 heteroatoms. The van der Waals surface area contributed by atoms with Crippen molar-refractivity contribution in [3.05, 3.63) is 0 Å². The van der Waals surface area contributed by atoms with Crippen molar-refractivity contribution in [3.63, 3.8) is 0 Å². The van der Waals surface area contributed by atoms with Crippen LogP contribution in [-0.4, -0.2) is 67.2 Å². The van der Waals surface area contributed by atoms with E-state index < -0.39 is 16.0 Å². The first-order valence-electron chi connectivity index (χ1n) is 8.70. The molecule has 0 unspecified atom stereocenters. The number of fused-ring (bicyclic) bond motifs is 2. The van der Waals surface area contributed by atoms with Gasteiger partial charge in [-0.15, -0.1) is 0 Å². The second-order valence-corrected chi connectivity index (χ2v) is 9.81. The molecule has 23 heavy (non-hydrogen) atoms. The Labute approximate surface area is 138 Å². The molecule has 0 atom stereocenters. The number of likely N-dealkylation sites (N-methyl/N-ethyl adjacent to an activating group) is 1. The summed E-state index contributed by atoms with van der Waals surface area (Å²) < 4.78 is 27.2. The van der Waals surface area contributed by atoms with Gasteiger partial charge in [0, 0.05) is 19.1 Å². The summed E-state index contributed by atoms with van der Waals surface area (Å²) in [6.07, 6.45) is 7.11. The van der Waals surface area contributed by atoms with Crippen molar-refractivity contribution in [2.24, 2.45) is 11.3 Å². The molecule has 0 aromatic rings. The molecule has 0 spiro atoms. The topological polar surface area (TPSA) is 77.9 Å². The van der Waals surface area contributed by atoms with Gasteiger partial charge in [-0.05, 0) is 63.3 Å². The fourth-order valence-corrected chi connectivity index (χ4v) is 7.03. The van der Waals surface area contributed by atoms with E-state index in [-0.39, 0.29) is 18.0 Å². The first kappa shape index (κ1) is 17.2. The molecule has 2 bridgehead atoms. The van der Waals surface area contributed by atoms with E-state index in [0.29, 0.717) is 18.8 Å². The Morgan fingerprint density at radius 3 is 2.30 bits per heavy atom. The van der Waals surface area contributed by atoms with Crippen LogP contribution in [0.15, 0.2) is 0 Å². The van der Waals surface area contributed by atoms with Gasteiger partial charge in [0.25, 0.3) is 0 Å². The Hall–Kier alpha value is -0.660. The molecule has 2 saturated carbocycles. The molecule has 1 aliphatic heterocycles. The Morgan fingerprint density at radius 1 is 1.22 bits per heavy atom. The maximum atomic E-state index is 12.8. The summed E-state index contributed by atoms with van der Waals surface area (Å²) in [4.78, 5) is 12.6. The van der Waals surface area contributed by atoms with Crippen molar-refractivity contribution in [1.29, 1.82) is 0 Å². The molecule has 3 rings (SSSR count). The van der Waals surface area contributed by atoms with Gasteiger partial charge in [0.05, 0.1) is 12.3 Å². The van der Waals surface area contributed by atoms with E-state index in [1.165, 1.54) is 12.8 Å². The molecule has 3 aliphatic rings. The lowest BCUT2D eigenvalue weighted by Gasteiger charge is -2.37. The summed E-state index contributed by atoms with van der Waals surface area (Å²) in [6, 6.07) is 0.165. The quantitative estimate of drug-likeness (QED) is 0.787. The van der Waals surface area contributed by atoms with Crippen LogP contribution in [0, 0.1) is 11.3 Å². The summed E-state index contributed by atoms with van der Waals surface area (Å²) >= 11 is 0. The van der Waals surface area contributed by atoms with E-state index in [1.54, 1.807) is 11.4 Å². The Kier molecular flexibility index (Phi) is 4.73. The highest BCUT2D eigenvalue weighted by Gasteiger charge is 2.48.